The van der Waals surface area contributed by atoms with E-state index in [9.17, 15) is 9.18 Å². The molecule has 0 aromatic heterocycles. The molecule has 0 atom stereocenters. The number of carboxylic acid groups (broad SMARTS) is 1. The Morgan fingerprint density at radius 1 is 1.54 bits per heavy atom. The lowest BCUT2D eigenvalue weighted by atomic mass is 10.1. The van der Waals surface area contributed by atoms with Crippen LogP contribution in [0.3, 0.4) is 0 Å². The first kappa shape index (κ1) is 9.45. The van der Waals surface area contributed by atoms with Crippen molar-refractivity contribution >= 4 is 12.0 Å². The highest BCUT2D eigenvalue weighted by Gasteiger charge is 1.98. The Hall–Kier alpha value is -1.64. The van der Waals surface area contributed by atoms with Crippen molar-refractivity contribution < 1.29 is 14.3 Å². The zero-order chi connectivity index (χ0) is 9.84. The van der Waals surface area contributed by atoms with Gasteiger partial charge in [-0.05, 0) is 25.1 Å². The Morgan fingerprint density at radius 3 is 2.85 bits per heavy atom. The molecule has 68 valence electrons. The van der Waals surface area contributed by atoms with Gasteiger partial charge in [0, 0.05) is 11.6 Å². The molecule has 0 saturated heterocycles. The Balaban J connectivity index is 3.00. The zero-order valence-electron chi connectivity index (χ0n) is 7.12. The highest BCUT2D eigenvalue weighted by atomic mass is 19.1. The van der Waals surface area contributed by atoms with Crippen LogP contribution in [-0.4, -0.2) is 11.1 Å². The standard InChI is InChI=1S/C10H9FO2/c1-7-2-4-9(11)8(6-7)3-5-10(12)13/h2-6H,1H3,(H,12,13)/b5-3+. The topological polar surface area (TPSA) is 37.3 Å². The van der Waals surface area contributed by atoms with Gasteiger partial charge in [-0.25, -0.2) is 9.18 Å². The van der Waals surface area contributed by atoms with E-state index in [2.05, 4.69) is 0 Å². The largest absolute Gasteiger partial charge is 0.478 e. The SMILES string of the molecule is Cc1ccc(F)c(/C=C/C(=O)O)c1. The quantitative estimate of drug-likeness (QED) is 0.708. The summed E-state index contributed by atoms with van der Waals surface area (Å²) in [5.41, 5.74) is 1.19. The van der Waals surface area contributed by atoms with E-state index in [4.69, 9.17) is 5.11 Å². The van der Waals surface area contributed by atoms with Crippen molar-refractivity contribution in [3.8, 4) is 0 Å². The van der Waals surface area contributed by atoms with E-state index in [0.29, 0.717) is 5.56 Å². The molecule has 0 spiro atoms. The molecule has 2 nitrogen and oxygen atoms in total. The molecule has 0 heterocycles. The van der Waals surface area contributed by atoms with Crippen molar-refractivity contribution in [3.05, 3.63) is 41.2 Å². The molecule has 13 heavy (non-hydrogen) atoms. The Labute approximate surface area is 75.3 Å². The molecule has 0 unspecified atom stereocenters. The maximum atomic E-state index is 13.0. The van der Waals surface area contributed by atoms with Crippen LogP contribution >= 0.6 is 0 Å². The predicted octanol–water partition coefficient (Wildman–Crippen LogP) is 2.23. The van der Waals surface area contributed by atoms with Gasteiger partial charge in [0.15, 0.2) is 0 Å². The lowest BCUT2D eigenvalue weighted by molar-refractivity contribution is -0.131. The number of carboxylic acids is 1. The second-order valence-corrected chi connectivity index (χ2v) is 2.70. The summed E-state index contributed by atoms with van der Waals surface area (Å²) in [6, 6.07) is 4.54. The highest BCUT2D eigenvalue weighted by molar-refractivity contribution is 5.85. The normalized spacial score (nSPS) is 10.6. The third kappa shape index (κ3) is 2.71. The van der Waals surface area contributed by atoms with Crippen LogP contribution in [0.1, 0.15) is 11.1 Å². The van der Waals surface area contributed by atoms with Crippen LogP contribution in [0, 0.1) is 12.7 Å². The third-order valence-electron chi connectivity index (χ3n) is 1.56. The van der Waals surface area contributed by atoms with Crippen LogP contribution in [0.15, 0.2) is 24.3 Å². The Kier molecular flexibility index (Phi) is 2.80. The molecule has 0 radical (unpaired) electrons. The van der Waals surface area contributed by atoms with E-state index in [1.807, 2.05) is 6.92 Å². The smallest absolute Gasteiger partial charge is 0.328 e. The van der Waals surface area contributed by atoms with Crippen molar-refractivity contribution in [1.29, 1.82) is 0 Å². The Morgan fingerprint density at radius 2 is 2.23 bits per heavy atom. The van der Waals surface area contributed by atoms with Crippen LogP contribution in [0.4, 0.5) is 4.39 Å². The molecule has 0 aliphatic carbocycles. The summed E-state index contributed by atoms with van der Waals surface area (Å²) in [7, 11) is 0. The maximum Gasteiger partial charge on any atom is 0.328 e. The number of hydrogen-bond acceptors (Lipinski definition) is 1. The fourth-order valence-electron chi connectivity index (χ4n) is 0.952. The monoisotopic (exact) mass is 180 g/mol. The average molecular weight is 180 g/mol. The van der Waals surface area contributed by atoms with Crippen LogP contribution in [0.2, 0.25) is 0 Å². The summed E-state index contributed by atoms with van der Waals surface area (Å²) in [5.74, 6) is -1.50. The second-order valence-electron chi connectivity index (χ2n) is 2.70. The third-order valence-corrected chi connectivity index (χ3v) is 1.56. The van der Waals surface area contributed by atoms with E-state index in [0.717, 1.165) is 11.6 Å². The minimum absolute atomic E-state index is 0.294. The molecule has 0 saturated carbocycles. The molecule has 0 aliphatic heterocycles. The molecule has 1 rings (SSSR count). The van der Waals surface area contributed by atoms with Gasteiger partial charge < -0.3 is 5.11 Å². The number of aryl methyl sites for hydroxylation is 1. The molecule has 1 N–H and O–H groups in total. The van der Waals surface area contributed by atoms with Crippen molar-refractivity contribution in [1.82, 2.24) is 0 Å². The summed E-state index contributed by atoms with van der Waals surface area (Å²) in [6.45, 7) is 1.82. The molecular weight excluding hydrogens is 171 g/mol. The van der Waals surface area contributed by atoms with E-state index < -0.39 is 11.8 Å². The summed E-state index contributed by atoms with van der Waals surface area (Å²) < 4.78 is 13.0. The number of aliphatic carboxylic acids is 1. The molecule has 3 heteroatoms. The predicted molar refractivity (Wildman–Crippen MR) is 47.8 cm³/mol. The second kappa shape index (κ2) is 3.85. The van der Waals surface area contributed by atoms with Gasteiger partial charge in [-0.2, -0.15) is 0 Å². The summed E-state index contributed by atoms with van der Waals surface area (Å²) >= 11 is 0. The number of rotatable bonds is 2. The van der Waals surface area contributed by atoms with Gasteiger partial charge in [-0.1, -0.05) is 11.6 Å². The first-order valence-electron chi connectivity index (χ1n) is 3.77. The van der Waals surface area contributed by atoms with E-state index >= 15 is 0 Å². The maximum absolute atomic E-state index is 13.0. The first-order valence-corrected chi connectivity index (χ1v) is 3.77. The average Bonchev–Trinajstić information content (AvgIpc) is 2.06. The molecule has 1 aromatic rings. The number of carbonyl (C=O) groups is 1. The minimum Gasteiger partial charge on any atom is -0.478 e. The molecule has 0 fully saturated rings. The summed E-state index contributed by atoms with van der Waals surface area (Å²) in [5, 5.41) is 8.33. The van der Waals surface area contributed by atoms with Crippen LogP contribution in [0.25, 0.3) is 6.08 Å². The lowest BCUT2D eigenvalue weighted by Gasteiger charge is -1.97. The highest BCUT2D eigenvalue weighted by Crippen LogP contribution is 2.11. The fraction of sp³-hybridized carbons (Fsp3) is 0.100. The molecule has 0 amide bonds. The zero-order valence-corrected chi connectivity index (χ0v) is 7.12. The van der Waals surface area contributed by atoms with Gasteiger partial charge >= 0.3 is 5.97 Å². The van der Waals surface area contributed by atoms with E-state index in [-0.39, 0.29) is 0 Å². The van der Waals surface area contributed by atoms with E-state index in [1.54, 1.807) is 12.1 Å². The van der Waals surface area contributed by atoms with Gasteiger partial charge in [-0.15, -0.1) is 0 Å². The summed E-state index contributed by atoms with van der Waals surface area (Å²) in [4.78, 5) is 10.2. The number of halogens is 1. The molecule has 0 aliphatic rings. The van der Waals surface area contributed by atoms with Gasteiger partial charge in [0.2, 0.25) is 0 Å². The molecular formula is C10H9FO2. The van der Waals surface area contributed by atoms with Crippen molar-refractivity contribution in [2.24, 2.45) is 0 Å². The van der Waals surface area contributed by atoms with Gasteiger partial charge in [0.1, 0.15) is 5.82 Å². The fourth-order valence-corrected chi connectivity index (χ4v) is 0.952. The minimum atomic E-state index is -1.08. The van der Waals surface area contributed by atoms with Crippen molar-refractivity contribution in [2.45, 2.75) is 6.92 Å². The molecule has 0 bridgehead atoms. The van der Waals surface area contributed by atoms with Crippen molar-refractivity contribution in [2.75, 3.05) is 0 Å². The van der Waals surface area contributed by atoms with Gasteiger partial charge in [0.05, 0.1) is 0 Å². The summed E-state index contributed by atoms with van der Waals surface area (Å²) in [6.07, 6.45) is 2.16. The number of benzene rings is 1. The van der Waals surface area contributed by atoms with Gasteiger partial charge in [-0.3, -0.25) is 0 Å². The Bertz CT molecular complexity index is 356. The van der Waals surface area contributed by atoms with Crippen molar-refractivity contribution in [3.63, 3.8) is 0 Å². The van der Waals surface area contributed by atoms with E-state index in [1.165, 1.54) is 12.1 Å². The van der Waals surface area contributed by atoms with Crippen LogP contribution in [-0.2, 0) is 4.79 Å². The lowest BCUT2D eigenvalue weighted by Crippen LogP contribution is -1.88. The number of hydrogen-bond donors (Lipinski definition) is 1. The molecule has 1 aromatic carbocycles. The van der Waals surface area contributed by atoms with Crippen LogP contribution < -0.4 is 0 Å². The van der Waals surface area contributed by atoms with Crippen LogP contribution in [0.5, 0.6) is 0 Å². The van der Waals surface area contributed by atoms with Gasteiger partial charge in [0.25, 0.3) is 0 Å². The first-order chi connectivity index (χ1) is 6.09.